The summed E-state index contributed by atoms with van der Waals surface area (Å²) in [4.78, 5) is 37.9. The van der Waals surface area contributed by atoms with Crippen molar-refractivity contribution in [2.45, 2.75) is 303 Å². The fourth-order valence-electron chi connectivity index (χ4n) is 8.01. The summed E-state index contributed by atoms with van der Waals surface area (Å²) in [6, 6.07) is 0. The number of rotatable bonds is 48. The summed E-state index contributed by atoms with van der Waals surface area (Å²) >= 11 is 0. The van der Waals surface area contributed by atoms with Gasteiger partial charge in [0.25, 0.3) is 0 Å². The van der Waals surface area contributed by atoms with Gasteiger partial charge in [0.2, 0.25) is 0 Å². The second-order valence-corrected chi connectivity index (χ2v) is 18.4. The molecule has 0 radical (unpaired) electrons. The van der Waals surface area contributed by atoms with E-state index in [-0.39, 0.29) is 31.1 Å². The fraction of sp³-hybridized carbons (Fsp3) is 0.943. The Morgan fingerprint density at radius 1 is 0.339 bits per heavy atom. The van der Waals surface area contributed by atoms with Crippen LogP contribution in [0.4, 0.5) is 0 Å². The Morgan fingerprint density at radius 3 is 0.881 bits per heavy atom. The Morgan fingerprint density at radius 2 is 0.593 bits per heavy atom. The zero-order valence-corrected chi connectivity index (χ0v) is 40.2. The molecule has 0 aromatic carbocycles. The predicted octanol–water partition coefficient (Wildman–Crippen LogP) is 17.1. The van der Waals surface area contributed by atoms with Crippen LogP contribution in [0.2, 0.25) is 0 Å². The van der Waals surface area contributed by atoms with Gasteiger partial charge in [0.1, 0.15) is 13.2 Å². The second-order valence-electron chi connectivity index (χ2n) is 18.4. The Labute approximate surface area is 368 Å². The van der Waals surface area contributed by atoms with Crippen molar-refractivity contribution in [1.82, 2.24) is 0 Å². The molecule has 6 heteroatoms. The number of ether oxygens (including phenoxy) is 3. The molecule has 6 nitrogen and oxygen atoms in total. The van der Waals surface area contributed by atoms with Crippen LogP contribution in [0.15, 0.2) is 0 Å². The molecule has 0 saturated carbocycles. The molecule has 0 rings (SSSR count). The van der Waals surface area contributed by atoms with Gasteiger partial charge >= 0.3 is 17.9 Å². The van der Waals surface area contributed by atoms with Crippen molar-refractivity contribution in [3.8, 4) is 0 Å². The van der Waals surface area contributed by atoms with E-state index in [4.69, 9.17) is 14.2 Å². The van der Waals surface area contributed by atoms with Crippen LogP contribution in [-0.4, -0.2) is 37.2 Å². The number of hydrogen-bond donors (Lipinski definition) is 0. The number of esters is 3. The predicted molar refractivity (Wildman–Crippen MR) is 252 cm³/mol. The number of carbonyl (C=O) groups is 3. The Balaban J connectivity index is 4.27. The molecule has 350 valence electrons. The van der Waals surface area contributed by atoms with Crippen LogP contribution in [0.3, 0.4) is 0 Å². The number of hydrogen-bond acceptors (Lipinski definition) is 6. The van der Waals surface area contributed by atoms with Crippen LogP contribution in [0, 0.1) is 5.92 Å². The van der Waals surface area contributed by atoms with Crippen LogP contribution in [0.25, 0.3) is 0 Å². The molecule has 0 aromatic heterocycles. The first kappa shape index (κ1) is 57.4. The van der Waals surface area contributed by atoms with Gasteiger partial charge < -0.3 is 14.2 Å². The lowest BCUT2D eigenvalue weighted by molar-refractivity contribution is -0.167. The van der Waals surface area contributed by atoms with Crippen molar-refractivity contribution in [2.24, 2.45) is 5.92 Å². The molecule has 0 aliphatic heterocycles. The largest absolute Gasteiger partial charge is 0.462 e. The highest BCUT2D eigenvalue weighted by atomic mass is 16.6. The highest BCUT2D eigenvalue weighted by Crippen LogP contribution is 2.18. The number of unbranched alkanes of at least 4 members (excludes halogenated alkanes) is 34. The first-order chi connectivity index (χ1) is 28.9. The molecule has 0 saturated heterocycles. The Kier molecular flexibility index (Phi) is 46.2. The Bertz CT molecular complexity index is 889. The third kappa shape index (κ3) is 45.8. The molecule has 0 heterocycles. The molecule has 2 atom stereocenters. The topological polar surface area (TPSA) is 78.9 Å². The molecule has 0 fully saturated rings. The highest BCUT2D eigenvalue weighted by Gasteiger charge is 2.19. The summed E-state index contributed by atoms with van der Waals surface area (Å²) in [5.74, 6) is -0.0323. The van der Waals surface area contributed by atoms with E-state index in [0.29, 0.717) is 19.3 Å². The molecule has 0 bridgehead atoms. The summed E-state index contributed by atoms with van der Waals surface area (Å²) in [5.41, 5.74) is 0. The molecular formula is C53H102O6. The van der Waals surface area contributed by atoms with Gasteiger partial charge in [-0.1, -0.05) is 259 Å². The zero-order chi connectivity index (χ0) is 43.1. The van der Waals surface area contributed by atoms with Gasteiger partial charge in [-0.3, -0.25) is 14.4 Å². The molecule has 1 unspecified atom stereocenters. The molecule has 0 aliphatic rings. The van der Waals surface area contributed by atoms with Crippen LogP contribution >= 0.6 is 0 Å². The third-order valence-electron chi connectivity index (χ3n) is 12.4. The molecule has 0 amide bonds. The summed E-state index contributed by atoms with van der Waals surface area (Å²) in [6.45, 7) is 9.00. The lowest BCUT2D eigenvalue weighted by Gasteiger charge is -2.18. The normalized spacial score (nSPS) is 12.4. The molecular weight excluding hydrogens is 733 g/mol. The van der Waals surface area contributed by atoms with E-state index in [0.717, 1.165) is 63.7 Å². The summed E-state index contributed by atoms with van der Waals surface area (Å²) in [5, 5.41) is 0. The molecule has 0 aromatic rings. The minimum absolute atomic E-state index is 0.0634. The van der Waals surface area contributed by atoms with Gasteiger partial charge in [-0.15, -0.1) is 0 Å². The zero-order valence-electron chi connectivity index (χ0n) is 40.2. The molecule has 59 heavy (non-hydrogen) atoms. The Hall–Kier alpha value is -1.59. The summed E-state index contributed by atoms with van der Waals surface area (Å²) < 4.78 is 16.8. The van der Waals surface area contributed by atoms with Crippen molar-refractivity contribution < 1.29 is 28.6 Å². The quantitative estimate of drug-likeness (QED) is 0.0345. The minimum Gasteiger partial charge on any atom is -0.462 e. The van der Waals surface area contributed by atoms with E-state index in [2.05, 4.69) is 27.7 Å². The van der Waals surface area contributed by atoms with Crippen LogP contribution < -0.4 is 0 Å². The molecule has 0 spiro atoms. The summed E-state index contributed by atoms with van der Waals surface area (Å²) in [6.07, 6.45) is 49.5. The van der Waals surface area contributed by atoms with E-state index in [1.807, 2.05) is 0 Å². The van der Waals surface area contributed by atoms with E-state index in [1.165, 1.54) is 193 Å². The first-order valence-corrected chi connectivity index (χ1v) is 26.4. The number of carbonyl (C=O) groups excluding carboxylic acids is 3. The van der Waals surface area contributed by atoms with Crippen LogP contribution in [0.5, 0.6) is 0 Å². The van der Waals surface area contributed by atoms with Gasteiger partial charge in [0, 0.05) is 19.3 Å². The van der Waals surface area contributed by atoms with Gasteiger partial charge in [-0.25, -0.2) is 0 Å². The van der Waals surface area contributed by atoms with Gasteiger partial charge in [0.05, 0.1) is 0 Å². The summed E-state index contributed by atoms with van der Waals surface area (Å²) in [7, 11) is 0. The van der Waals surface area contributed by atoms with E-state index < -0.39 is 6.10 Å². The van der Waals surface area contributed by atoms with E-state index in [1.54, 1.807) is 0 Å². The monoisotopic (exact) mass is 835 g/mol. The average Bonchev–Trinajstić information content (AvgIpc) is 3.23. The maximum absolute atomic E-state index is 12.8. The van der Waals surface area contributed by atoms with E-state index >= 15 is 0 Å². The van der Waals surface area contributed by atoms with Crippen molar-refractivity contribution in [1.29, 1.82) is 0 Å². The fourth-order valence-corrected chi connectivity index (χ4v) is 8.01. The smallest absolute Gasteiger partial charge is 0.306 e. The van der Waals surface area contributed by atoms with Crippen molar-refractivity contribution in [3.63, 3.8) is 0 Å². The average molecular weight is 835 g/mol. The van der Waals surface area contributed by atoms with Gasteiger partial charge in [-0.05, 0) is 25.2 Å². The standard InChI is InChI=1S/C53H102O6/c1-5-8-10-12-14-16-18-20-21-22-23-24-26-28-30-32-38-42-46-53(56)59-50(48-58-52(55)45-41-37-34-33-35-39-43-49(4)7-3)47-57-51(54)44-40-36-31-29-27-25-19-17-15-13-11-9-6-2/h49-50H,5-48H2,1-4H3/t49?,50-/m1/s1. The van der Waals surface area contributed by atoms with Crippen LogP contribution in [0.1, 0.15) is 297 Å². The van der Waals surface area contributed by atoms with Crippen LogP contribution in [-0.2, 0) is 28.6 Å². The molecule has 0 aliphatic carbocycles. The van der Waals surface area contributed by atoms with Gasteiger partial charge in [-0.2, -0.15) is 0 Å². The van der Waals surface area contributed by atoms with Crippen molar-refractivity contribution in [2.75, 3.05) is 13.2 Å². The first-order valence-electron chi connectivity index (χ1n) is 26.4. The minimum atomic E-state index is -0.761. The van der Waals surface area contributed by atoms with Crippen molar-refractivity contribution >= 4 is 17.9 Å². The maximum Gasteiger partial charge on any atom is 0.306 e. The van der Waals surface area contributed by atoms with E-state index in [9.17, 15) is 14.4 Å². The lowest BCUT2D eigenvalue weighted by Crippen LogP contribution is -2.30. The lowest BCUT2D eigenvalue weighted by atomic mass is 10.00. The van der Waals surface area contributed by atoms with Crippen molar-refractivity contribution in [3.05, 3.63) is 0 Å². The SMILES string of the molecule is CCCCCCCCCCCCCCCCCCCCC(=O)O[C@H](COC(=O)CCCCCCCCCCCCCCC)COC(=O)CCCCCCCCC(C)CC. The maximum atomic E-state index is 12.8. The molecule has 0 N–H and O–H groups in total. The highest BCUT2D eigenvalue weighted by molar-refractivity contribution is 5.71. The van der Waals surface area contributed by atoms with Gasteiger partial charge in [0.15, 0.2) is 6.10 Å². The third-order valence-corrected chi connectivity index (χ3v) is 12.4. The second kappa shape index (κ2) is 47.5.